The van der Waals surface area contributed by atoms with Crippen LogP contribution in [0.25, 0.3) is 11.1 Å². The zero-order valence-electron chi connectivity index (χ0n) is 13.9. The largest absolute Gasteiger partial charge is 0.488 e. The van der Waals surface area contributed by atoms with E-state index in [1.165, 1.54) is 33.3 Å². The molecule has 0 bridgehead atoms. The predicted molar refractivity (Wildman–Crippen MR) is 103 cm³/mol. The smallest absolute Gasteiger partial charge is 0.230 e. The maximum Gasteiger partial charge on any atom is 0.230 e. The number of hydrogen-bond donors (Lipinski definition) is 1. The number of fused-ring (bicyclic) bond motifs is 1. The van der Waals surface area contributed by atoms with Crippen LogP contribution in [0.5, 0.6) is 5.75 Å². The Morgan fingerprint density at radius 2 is 1.92 bits per heavy atom. The summed E-state index contributed by atoms with van der Waals surface area (Å²) in [6.45, 7) is 0.561. The van der Waals surface area contributed by atoms with Gasteiger partial charge in [0.1, 0.15) is 11.9 Å². The average molecular weight is 360 g/mol. The Morgan fingerprint density at radius 3 is 2.62 bits per heavy atom. The summed E-state index contributed by atoms with van der Waals surface area (Å²) in [5.41, 5.74) is 3.63. The molecule has 5 heteroatoms. The number of thioether (sulfide) groups is 2. The molecule has 0 saturated heterocycles. The Balaban J connectivity index is 1.66. The molecule has 0 radical (unpaired) electrons. The van der Waals surface area contributed by atoms with Gasteiger partial charge in [-0.3, -0.25) is 4.79 Å². The molecule has 1 aliphatic heterocycles. The maximum atomic E-state index is 11.6. The van der Waals surface area contributed by atoms with Crippen molar-refractivity contribution in [1.82, 2.24) is 5.32 Å². The van der Waals surface area contributed by atoms with Crippen LogP contribution >= 0.6 is 23.5 Å². The van der Waals surface area contributed by atoms with Crippen LogP contribution in [0.1, 0.15) is 5.56 Å². The lowest BCUT2D eigenvalue weighted by molar-refractivity contribution is -0.118. The molecular formula is C19H21NO2S2. The van der Waals surface area contributed by atoms with Crippen molar-refractivity contribution < 1.29 is 9.53 Å². The van der Waals surface area contributed by atoms with Gasteiger partial charge in [0.25, 0.3) is 0 Å². The van der Waals surface area contributed by atoms with Crippen LogP contribution in [0, 0.1) is 0 Å². The van der Waals surface area contributed by atoms with Gasteiger partial charge in [0.2, 0.25) is 5.91 Å². The van der Waals surface area contributed by atoms with Gasteiger partial charge in [0, 0.05) is 11.3 Å². The van der Waals surface area contributed by atoms with Crippen molar-refractivity contribution in [2.45, 2.75) is 17.4 Å². The molecule has 3 rings (SSSR count). The lowest BCUT2D eigenvalue weighted by Gasteiger charge is -2.11. The third-order valence-electron chi connectivity index (χ3n) is 4.03. The molecule has 0 spiro atoms. The van der Waals surface area contributed by atoms with Crippen LogP contribution in [-0.2, 0) is 11.2 Å². The maximum absolute atomic E-state index is 11.6. The summed E-state index contributed by atoms with van der Waals surface area (Å²) < 4.78 is 5.94. The summed E-state index contributed by atoms with van der Waals surface area (Å²) in [4.78, 5) is 12.8. The van der Waals surface area contributed by atoms with Gasteiger partial charge in [-0.25, -0.2) is 0 Å². The van der Waals surface area contributed by atoms with E-state index in [4.69, 9.17) is 4.74 Å². The zero-order valence-corrected chi connectivity index (χ0v) is 15.5. The van der Waals surface area contributed by atoms with E-state index in [1.54, 1.807) is 11.8 Å². The minimum absolute atomic E-state index is 0.0277. The van der Waals surface area contributed by atoms with Gasteiger partial charge < -0.3 is 10.1 Å². The van der Waals surface area contributed by atoms with Crippen molar-refractivity contribution in [2.75, 3.05) is 24.8 Å². The number of carbonyl (C=O) groups is 1. The summed E-state index contributed by atoms with van der Waals surface area (Å²) in [7, 11) is 0. The van der Waals surface area contributed by atoms with E-state index in [2.05, 4.69) is 48.0 Å². The van der Waals surface area contributed by atoms with E-state index >= 15 is 0 Å². The number of benzene rings is 2. The van der Waals surface area contributed by atoms with Crippen LogP contribution in [-0.4, -0.2) is 36.8 Å². The molecule has 126 valence electrons. The van der Waals surface area contributed by atoms with Crippen molar-refractivity contribution in [3.63, 3.8) is 0 Å². The minimum atomic E-state index is 0.0277. The van der Waals surface area contributed by atoms with Crippen molar-refractivity contribution in [3.8, 4) is 16.9 Å². The molecule has 1 amide bonds. The van der Waals surface area contributed by atoms with Crippen molar-refractivity contribution in [3.05, 3.63) is 48.0 Å². The van der Waals surface area contributed by atoms with Crippen molar-refractivity contribution in [2.24, 2.45) is 0 Å². The number of ether oxygens (including phenoxy) is 1. The Morgan fingerprint density at radius 1 is 1.17 bits per heavy atom. The van der Waals surface area contributed by atoms with Crippen LogP contribution in [0.3, 0.4) is 0 Å². The molecule has 2 aromatic rings. The highest BCUT2D eigenvalue weighted by Gasteiger charge is 2.23. The van der Waals surface area contributed by atoms with Gasteiger partial charge >= 0.3 is 0 Å². The van der Waals surface area contributed by atoms with Gasteiger partial charge in [-0.15, -0.1) is 11.8 Å². The molecule has 1 unspecified atom stereocenters. The molecule has 24 heavy (non-hydrogen) atoms. The highest BCUT2D eigenvalue weighted by molar-refractivity contribution is 7.99. The van der Waals surface area contributed by atoms with Crippen molar-refractivity contribution >= 4 is 29.4 Å². The first kappa shape index (κ1) is 17.2. The van der Waals surface area contributed by atoms with Gasteiger partial charge in [0.15, 0.2) is 0 Å². The van der Waals surface area contributed by atoms with Crippen LogP contribution in [0.4, 0.5) is 0 Å². The van der Waals surface area contributed by atoms with Crippen LogP contribution < -0.4 is 10.1 Å². The molecule has 0 aliphatic carbocycles. The first-order valence-corrected chi connectivity index (χ1v) is 10.5. The molecule has 1 heterocycles. The molecule has 1 aliphatic rings. The molecule has 3 nitrogen and oxygen atoms in total. The Kier molecular flexibility index (Phi) is 5.74. The molecule has 0 fully saturated rings. The fraction of sp³-hybridized carbons (Fsp3) is 0.316. The standard InChI is InChI=1S/C19H21NO2S2/c1-23-12-19(21)20-11-16-10-15-9-14(5-8-18(15)22-16)13-3-6-17(24-2)7-4-13/h3-9,16H,10-12H2,1-2H3,(H,20,21). The summed E-state index contributed by atoms with van der Waals surface area (Å²) in [5, 5.41) is 2.93. The fourth-order valence-electron chi connectivity index (χ4n) is 2.81. The van der Waals surface area contributed by atoms with Crippen LogP contribution in [0.15, 0.2) is 47.4 Å². The number of nitrogens with one attached hydrogen (secondary N) is 1. The number of hydrogen-bond acceptors (Lipinski definition) is 4. The predicted octanol–water partition coefficient (Wildman–Crippen LogP) is 3.86. The summed E-state index contributed by atoms with van der Waals surface area (Å²) in [6.07, 6.45) is 4.88. The van der Waals surface area contributed by atoms with Crippen LogP contribution in [0.2, 0.25) is 0 Å². The normalized spacial score (nSPS) is 15.7. The Bertz CT molecular complexity index is 716. The first-order chi connectivity index (χ1) is 11.7. The minimum Gasteiger partial charge on any atom is -0.488 e. The molecule has 0 saturated carbocycles. The first-order valence-electron chi connectivity index (χ1n) is 7.89. The fourth-order valence-corrected chi connectivity index (χ4v) is 3.58. The summed E-state index contributed by atoms with van der Waals surface area (Å²) >= 11 is 3.28. The SMILES string of the molecule is CSCC(=O)NCC1Cc2cc(-c3ccc(SC)cc3)ccc2O1. The highest BCUT2D eigenvalue weighted by atomic mass is 32.2. The number of amides is 1. The average Bonchev–Trinajstić information content (AvgIpc) is 3.02. The second-order valence-electron chi connectivity index (χ2n) is 5.73. The quantitative estimate of drug-likeness (QED) is 0.795. The van der Waals surface area contributed by atoms with E-state index in [1.807, 2.05) is 12.3 Å². The van der Waals surface area contributed by atoms with Gasteiger partial charge in [-0.05, 0) is 53.5 Å². The zero-order chi connectivity index (χ0) is 16.9. The van der Waals surface area contributed by atoms with E-state index in [0.29, 0.717) is 12.3 Å². The molecular weight excluding hydrogens is 338 g/mol. The summed E-state index contributed by atoms with van der Waals surface area (Å²) in [5.74, 6) is 1.50. The highest BCUT2D eigenvalue weighted by Crippen LogP contribution is 2.33. The molecule has 2 aromatic carbocycles. The van der Waals surface area contributed by atoms with E-state index in [-0.39, 0.29) is 12.0 Å². The second-order valence-corrected chi connectivity index (χ2v) is 7.48. The molecule has 1 atom stereocenters. The third-order valence-corrected chi connectivity index (χ3v) is 5.32. The monoisotopic (exact) mass is 359 g/mol. The van der Waals surface area contributed by atoms with E-state index in [0.717, 1.165) is 12.2 Å². The van der Waals surface area contributed by atoms with Crippen molar-refractivity contribution in [1.29, 1.82) is 0 Å². The topological polar surface area (TPSA) is 38.3 Å². The molecule has 0 aromatic heterocycles. The molecule has 1 N–H and O–H groups in total. The Labute approximate surface area is 151 Å². The number of carbonyl (C=O) groups excluding carboxylic acids is 1. The van der Waals surface area contributed by atoms with Gasteiger partial charge in [-0.1, -0.05) is 18.2 Å². The lowest BCUT2D eigenvalue weighted by Crippen LogP contribution is -2.35. The van der Waals surface area contributed by atoms with E-state index < -0.39 is 0 Å². The van der Waals surface area contributed by atoms with Gasteiger partial charge in [-0.2, -0.15) is 11.8 Å². The van der Waals surface area contributed by atoms with E-state index in [9.17, 15) is 4.79 Å². The number of rotatable bonds is 6. The van der Waals surface area contributed by atoms with Gasteiger partial charge in [0.05, 0.1) is 12.3 Å². The second kappa shape index (κ2) is 7.99. The third kappa shape index (κ3) is 4.08. The summed E-state index contributed by atoms with van der Waals surface area (Å²) in [6, 6.07) is 14.9. The lowest BCUT2D eigenvalue weighted by atomic mass is 10.0. The Hall–Kier alpha value is -1.59.